The van der Waals surface area contributed by atoms with E-state index in [1.54, 1.807) is 25.1 Å². The number of carbonyl (C=O) groups is 1. The van der Waals surface area contributed by atoms with Crippen LogP contribution < -0.4 is 9.03 Å². The summed E-state index contributed by atoms with van der Waals surface area (Å²) in [7, 11) is -7.57. The van der Waals surface area contributed by atoms with Gasteiger partial charge in [0.25, 0.3) is 10.0 Å². The summed E-state index contributed by atoms with van der Waals surface area (Å²) in [5, 5.41) is 0.492. The van der Waals surface area contributed by atoms with Gasteiger partial charge in [-0.15, -0.1) is 0 Å². The Morgan fingerprint density at radius 3 is 2.31 bits per heavy atom. The summed E-state index contributed by atoms with van der Waals surface area (Å²) in [5.41, 5.74) is 1.16. The molecule has 0 spiro atoms. The zero-order valence-corrected chi connectivity index (χ0v) is 16.0. The van der Waals surface area contributed by atoms with Crippen LogP contribution in [0, 0.1) is 6.92 Å². The van der Waals surface area contributed by atoms with Crippen LogP contribution in [-0.4, -0.2) is 28.5 Å². The zero-order valence-electron chi connectivity index (χ0n) is 13.6. The fourth-order valence-corrected chi connectivity index (χ4v) is 5.39. The lowest BCUT2D eigenvalue weighted by Crippen LogP contribution is -2.29. The number of halogens is 1. The van der Waals surface area contributed by atoms with Gasteiger partial charge in [-0.3, -0.25) is 9.52 Å². The highest BCUT2D eigenvalue weighted by molar-refractivity contribution is 7.94. The molecule has 1 N–H and O–H groups in total. The summed E-state index contributed by atoms with van der Waals surface area (Å²) in [6, 6.07) is 9.85. The van der Waals surface area contributed by atoms with Gasteiger partial charge in [0.05, 0.1) is 22.0 Å². The molecule has 0 radical (unpaired) electrons. The molecule has 1 saturated heterocycles. The highest BCUT2D eigenvalue weighted by atomic mass is 35.5. The van der Waals surface area contributed by atoms with E-state index in [2.05, 4.69) is 4.72 Å². The molecule has 10 heteroatoms. The third-order valence-electron chi connectivity index (χ3n) is 3.89. The average Bonchev–Trinajstić information content (AvgIpc) is 2.83. The zero-order chi connectivity index (χ0) is 19.1. The molecule has 1 heterocycles. The van der Waals surface area contributed by atoms with Gasteiger partial charge in [0.15, 0.2) is 0 Å². The molecular weight excluding hydrogens is 400 g/mol. The van der Waals surface area contributed by atoms with Gasteiger partial charge in [0.1, 0.15) is 0 Å². The molecule has 2 aromatic rings. The normalized spacial score (nSPS) is 16.7. The Morgan fingerprint density at radius 1 is 1.12 bits per heavy atom. The lowest BCUT2D eigenvalue weighted by Gasteiger charge is -2.16. The van der Waals surface area contributed by atoms with Gasteiger partial charge in [-0.1, -0.05) is 11.6 Å². The van der Waals surface area contributed by atoms with Gasteiger partial charge in [-0.2, -0.15) is 0 Å². The molecule has 0 atom stereocenters. The molecule has 0 unspecified atom stereocenters. The third-order valence-corrected chi connectivity index (χ3v) is 7.20. The van der Waals surface area contributed by atoms with E-state index in [-0.39, 0.29) is 22.8 Å². The van der Waals surface area contributed by atoms with E-state index in [1.807, 2.05) is 0 Å². The van der Waals surface area contributed by atoms with Crippen LogP contribution in [0.25, 0.3) is 0 Å². The van der Waals surface area contributed by atoms with Crippen molar-refractivity contribution < 1.29 is 21.6 Å². The largest absolute Gasteiger partial charge is 0.279 e. The topological polar surface area (TPSA) is 101 Å². The first-order valence-corrected chi connectivity index (χ1v) is 11.0. The van der Waals surface area contributed by atoms with Crippen molar-refractivity contribution in [3.8, 4) is 0 Å². The highest BCUT2D eigenvalue weighted by Gasteiger charge is 2.36. The van der Waals surface area contributed by atoms with Crippen LogP contribution in [-0.2, 0) is 24.8 Å². The van der Waals surface area contributed by atoms with Gasteiger partial charge in [-0.25, -0.2) is 21.1 Å². The first-order valence-electron chi connectivity index (χ1n) is 7.55. The second-order valence-electron chi connectivity index (χ2n) is 5.78. The van der Waals surface area contributed by atoms with E-state index in [0.29, 0.717) is 20.6 Å². The number of aryl methyl sites for hydroxylation is 1. The number of carbonyl (C=O) groups excluding carboxylic acids is 1. The average molecular weight is 415 g/mol. The van der Waals surface area contributed by atoms with E-state index in [1.165, 1.54) is 24.3 Å². The van der Waals surface area contributed by atoms with Crippen LogP contribution in [0.3, 0.4) is 0 Å². The Bertz CT molecular complexity index is 1080. The maximum Gasteiger partial charge on any atom is 0.261 e. The van der Waals surface area contributed by atoms with Crippen molar-refractivity contribution in [3.63, 3.8) is 0 Å². The summed E-state index contributed by atoms with van der Waals surface area (Å²) < 4.78 is 52.1. The van der Waals surface area contributed by atoms with Crippen molar-refractivity contribution in [2.24, 2.45) is 0 Å². The monoisotopic (exact) mass is 414 g/mol. The van der Waals surface area contributed by atoms with Crippen molar-refractivity contribution in [1.82, 2.24) is 0 Å². The third kappa shape index (κ3) is 3.55. The molecule has 2 aromatic carbocycles. The van der Waals surface area contributed by atoms with Gasteiger partial charge in [0, 0.05) is 11.4 Å². The van der Waals surface area contributed by atoms with Crippen LogP contribution in [0.4, 0.5) is 11.4 Å². The minimum Gasteiger partial charge on any atom is -0.279 e. The van der Waals surface area contributed by atoms with E-state index in [9.17, 15) is 21.6 Å². The Hall–Kier alpha value is -2.10. The quantitative estimate of drug-likeness (QED) is 0.828. The van der Waals surface area contributed by atoms with E-state index < -0.39 is 26.0 Å². The molecule has 1 fully saturated rings. The van der Waals surface area contributed by atoms with Gasteiger partial charge in [0.2, 0.25) is 15.9 Å². The van der Waals surface area contributed by atoms with Crippen LogP contribution in [0.2, 0.25) is 5.02 Å². The number of anilines is 2. The molecule has 1 aliphatic rings. The Morgan fingerprint density at radius 2 is 1.77 bits per heavy atom. The van der Waals surface area contributed by atoms with Crippen molar-refractivity contribution >= 4 is 48.9 Å². The maximum atomic E-state index is 12.5. The maximum absolute atomic E-state index is 12.5. The number of hydrogen-bond donors (Lipinski definition) is 1. The smallest absolute Gasteiger partial charge is 0.261 e. The number of benzene rings is 2. The lowest BCUT2D eigenvalue weighted by atomic mass is 10.2. The van der Waals surface area contributed by atoms with E-state index >= 15 is 0 Å². The molecular formula is C16H15ClN2O5S2. The SMILES string of the molecule is Cc1cc(Cl)ccc1NS(=O)(=O)c1ccc(N2C(=O)CCS2(=O)=O)cc1. The van der Waals surface area contributed by atoms with Crippen LogP contribution in [0.1, 0.15) is 12.0 Å². The number of nitrogens with one attached hydrogen (secondary N) is 1. The standard InChI is InChI=1S/C16H15ClN2O5S2/c1-11-10-12(17)2-7-15(11)18-26(23,24)14-5-3-13(4-6-14)19-16(20)8-9-25(19,21)22/h2-7,10,18H,8-9H2,1H3. The van der Waals surface area contributed by atoms with Crippen molar-refractivity contribution in [1.29, 1.82) is 0 Å². The molecule has 7 nitrogen and oxygen atoms in total. The predicted octanol–water partition coefficient (Wildman–Crippen LogP) is 2.52. The van der Waals surface area contributed by atoms with Gasteiger partial charge < -0.3 is 0 Å². The first-order chi connectivity index (χ1) is 12.1. The molecule has 0 bridgehead atoms. The van der Waals surface area contributed by atoms with Gasteiger partial charge in [-0.05, 0) is 55.0 Å². The second-order valence-corrected chi connectivity index (χ2v) is 9.84. The number of rotatable bonds is 4. The highest BCUT2D eigenvalue weighted by Crippen LogP contribution is 2.27. The molecule has 1 amide bonds. The number of hydrogen-bond acceptors (Lipinski definition) is 5. The molecule has 1 aliphatic heterocycles. The molecule has 26 heavy (non-hydrogen) atoms. The number of nitrogens with zero attached hydrogens (tertiary/aromatic N) is 1. The lowest BCUT2D eigenvalue weighted by molar-refractivity contribution is -0.116. The Kier molecular flexibility index (Phi) is 4.72. The summed E-state index contributed by atoms with van der Waals surface area (Å²) >= 11 is 5.86. The number of amides is 1. The Labute approximate surface area is 156 Å². The van der Waals surface area contributed by atoms with Crippen LogP contribution in [0.15, 0.2) is 47.4 Å². The summed E-state index contributed by atoms with van der Waals surface area (Å²) in [5.74, 6) is -0.779. The first kappa shape index (κ1) is 18.7. The minimum atomic E-state index is -3.88. The molecule has 0 aromatic heterocycles. The summed E-state index contributed by atoms with van der Waals surface area (Å²) in [4.78, 5) is 11.7. The van der Waals surface area contributed by atoms with Crippen LogP contribution >= 0.6 is 11.6 Å². The molecule has 0 aliphatic carbocycles. The Balaban J connectivity index is 1.89. The summed E-state index contributed by atoms with van der Waals surface area (Å²) in [6.45, 7) is 1.72. The molecule has 3 rings (SSSR count). The fourth-order valence-electron chi connectivity index (χ4n) is 2.57. The number of sulfonamides is 2. The second kappa shape index (κ2) is 6.57. The predicted molar refractivity (Wildman–Crippen MR) is 99.3 cm³/mol. The molecule has 0 saturated carbocycles. The van der Waals surface area contributed by atoms with E-state index in [0.717, 1.165) is 0 Å². The van der Waals surface area contributed by atoms with Crippen molar-refractivity contribution in [2.45, 2.75) is 18.2 Å². The summed E-state index contributed by atoms with van der Waals surface area (Å²) in [6.07, 6.45) is -0.0835. The van der Waals surface area contributed by atoms with Crippen LogP contribution in [0.5, 0.6) is 0 Å². The van der Waals surface area contributed by atoms with Crippen molar-refractivity contribution in [3.05, 3.63) is 53.1 Å². The fraction of sp³-hybridized carbons (Fsp3) is 0.188. The van der Waals surface area contributed by atoms with Gasteiger partial charge >= 0.3 is 0 Å². The minimum absolute atomic E-state index is 0.0559. The molecule has 138 valence electrons. The van der Waals surface area contributed by atoms with Crippen molar-refractivity contribution in [2.75, 3.05) is 14.8 Å². The van der Waals surface area contributed by atoms with E-state index in [4.69, 9.17) is 11.6 Å².